The molecular formula is C15H24N2O3. The number of rotatable bonds is 5. The molecule has 5 nitrogen and oxygen atoms in total. The Morgan fingerprint density at radius 3 is 2.75 bits per heavy atom. The van der Waals surface area contributed by atoms with E-state index in [1.54, 1.807) is 14.2 Å². The quantitative estimate of drug-likeness (QED) is 0.884. The van der Waals surface area contributed by atoms with E-state index in [0.717, 1.165) is 36.8 Å². The normalized spacial score (nSPS) is 23.6. The van der Waals surface area contributed by atoms with Gasteiger partial charge in [0.05, 0.1) is 33.0 Å². The lowest BCUT2D eigenvalue weighted by molar-refractivity contribution is -0.0664. The maximum Gasteiger partial charge on any atom is 0.127 e. The van der Waals surface area contributed by atoms with Gasteiger partial charge in [-0.1, -0.05) is 6.92 Å². The first-order valence-electron chi connectivity index (χ1n) is 7.02. The molecule has 1 aliphatic heterocycles. The van der Waals surface area contributed by atoms with Crippen LogP contribution in [0.4, 0.5) is 0 Å². The van der Waals surface area contributed by atoms with Crippen molar-refractivity contribution in [3.63, 3.8) is 0 Å². The molecule has 0 radical (unpaired) electrons. The Balaban J connectivity index is 2.39. The van der Waals surface area contributed by atoms with Crippen LogP contribution in [0.3, 0.4) is 0 Å². The average Bonchev–Trinajstić information content (AvgIpc) is 2.53. The first kappa shape index (κ1) is 15.1. The summed E-state index contributed by atoms with van der Waals surface area (Å²) in [5, 5.41) is 0. The predicted octanol–water partition coefficient (Wildman–Crippen LogP) is 1.42. The van der Waals surface area contributed by atoms with Crippen LogP contribution in [-0.2, 0) is 4.74 Å². The number of ether oxygens (including phenoxy) is 3. The molecule has 112 valence electrons. The number of benzene rings is 1. The molecule has 1 aliphatic rings. The lowest BCUT2D eigenvalue weighted by Crippen LogP contribution is -2.48. The molecule has 2 atom stereocenters. The molecule has 1 heterocycles. The molecule has 2 unspecified atom stereocenters. The summed E-state index contributed by atoms with van der Waals surface area (Å²) in [6.07, 6.45) is -0.00834. The zero-order chi connectivity index (χ0) is 14.5. The van der Waals surface area contributed by atoms with Crippen molar-refractivity contribution in [1.82, 2.24) is 4.90 Å². The van der Waals surface area contributed by atoms with Crippen LogP contribution >= 0.6 is 0 Å². The van der Waals surface area contributed by atoms with Crippen molar-refractivity contribution in [2.75, 3.05) is 40.5 Å². The van der Waals surface area contributed by atoms with Crippen LogP contribution in [0.5, 0.6) is 11.5 Å². The van der Waals surface area contributed by atoms with Crippen molar-refractivity contribution in [3.8, 4) is 11.5 Å². The van der Waals surface area contributed by atoms with E-state index < -0.39 is 0 Å². The fourth-order valence-corrected chi connectivity index (χ4v) is 2.80. The summed E-state index contributed by atoms with van der Waals surface area (Å²) >= 11 is 0. The van der Waals surface area contributed by atoms with Crippen LogP contribution in [0.15, 0.2) is 18.2 Å². The monoisotopic (exact) mass is 280 g/mol. The van der Waals surface area contributed by atoms with Crippen molar-refractivity contribution < 1.29 is 14.2 Å². The summed E-state index contributed by atoms with van der Waals surface area (Å²) in [7, 11) is 3.33. The van der Waals surface area contributed by atoms with Crippen LogP contribution < -0.4 is 15.2 Å². The Labute approximate surface area is 120 Å². The summed E-state index contributed by atoms with van der Waals surface area (Å²) in [4.78, 5) is 2.38. The number of nitrogens with zero attached hydrogens (tertiary/aromatic N) is 1. The van der Waals surface area contributed by atoms with Gasteiger partial charge < -0.3 is 19.9 Å². The second kappa shape index (κ2) is 6.92. The number of methoxy groups -OCH3 is 2. The Morgan fingerprint density at radius 2 is 2.15 bits per heavy atom. The highest BCUT2D eigenvalue weighted by Crippen LogP contribution is 2.36. The van der Waals surface area contributed by atoms with Gasteiger partial charge in [0.2, 0.25) is 0 Å². The molecule has 5 heteroatoms. The molecule has 0 saturated carbocycles. The Morgan fingerprint density at radius 1 is 1.35 bits per heavy atom. The molecule has 20 heavy (non-hydrogen) atoms. The SMILES string of the molecule is CCN1CCOC(CN)C1c1ccc(OC)cc1OC. The number of hydrogen-bond acceptors (Lipinski definition) is 5. The molecule has 2 N–H and O–H groups in total. The third-order valence-electron chi connectivity index (χ3n) is 3.85. The molecule has 0 spiro atoms. The molecule has 1 aromatic carbocycles. The molecule has 1 saturated heterocycles. The van der Waals surface area contributed by atoms with Crippen LogP contribution in [-0.4, -0.2) is 51.5 Å². The fourth-order valence-electron chi connectivity index (χ4n) is 2.80. The van der Waals surface area contributed by atoms with E-state index >= 15 is 0 Å². The Hall–Kier alpha value is -1.30. The molecule has 1 fully saturated rings. The van der Waals surface area contributed by atoms with Crippen molar-refractivity contribution in [2.24, 2.45) is 5.73 Å². The van der Waals surface area contributed by atoms with Gasteiger partial charge in [-0.3, -0.25) is 4.90 Å². The lowest BCUT2D eigenvalue weighted by atomic mass is 9.96. The zero-order valence-electron chi connectivity index (χ0n) is 12.5. The molecule has 2 rings (SSSR count). The Bertz CT molecular complexity index is 427. The first-order chi connectivity index (χ1) is 9.74. The minimum Gasteiger partial charge on any atom is -0.497 e. The van der Waals surface area contributed by atoms with Crippen molar-refractivity contribution in [2.45, 2.75) is 19.1 Å². The molecular weight excluding hydrogens is 256 g/mol. The molecule has 0 aliphatic carbocycles. The highest BCUT2D eigenvalue weighted by Gasteiger charge is 2.33. The minimum absolute atomic E-state index is 0.00834. The van der Waals surface area contributed by atoms with Gasteiger partial charge in [0.25, 0.3) is 0 Å². The first-order valence-corrected chi connectivity index (χ1v) is 7.02. The van der Waals surface area contributed by atoms with Gasteiger partial charge in [-0.15, -0.1) is 0 Å². The van der Waals surface area contributed by atoms with Crippen LogP contribution in [0, 0.1) is 0 Å². The maximum absolute atomic E-state index is 5.88. The number of morpholine rings is 1. The topological polar surface area (TPSA) is 57.0 Å². The lowest BCUT2D eigenvalue weighted by Gasteiger charge is -2.41. The van der Waals surface area contributed by atoms with E-state index in [1.807, 2.05) is 18.2 Å². The minimum atomic E-state index is -0.00834. The summed E-state index contributed by atoms with van der Waals surface area (Å²) < 4.78 is 16.6. The van der Waals surface area contributed by atoms with E-state index in [-0.39, 0.29) is 12.1 Å². The van der Waals surface area contributed by atoms with E-state index in [1.165, 1.54) is 0 Å². The standard InChI is InChI=1S/C15H24N2O3/c1-4-17-7-8-20-14(10-16)15(17)12-6-5-11(18-2)9-13(12)19-3/h5-6,9,14-15H,4,7-8,10,16H2,1-3H3. The van der Waals surface area contributed by atoms with Gasteiger partial charge >= 0.3 is 0 Å². The van der Waals surface area contributed by atoms with Gasteiger partial charge in [-0.05, 0) is 18.7 Å². The molecule has 0 aromatic heterocycles. The van der Waals surface area contributed by atoms with Crippen molar-refractivity contribution >= 4 is 0 Å². The smallest absolute Gasteiger partial charge is 0.127 e. The number of likely N-dealkylation sites (N-methyl/N-ethyl adjacent to an activating group) is 1. The second-order valence-corrected chi connectivity index (χ2v) is 4.83. The van der Waals surface area contributed by atoms with Crippen LogP contribution in [0.25, 0.3) is 0 Å². The van der Waals surface area contributed by atoms with E-state index in [2.05, 4.69) is 11.8 Å². The summed E-state index contributed by atoms with van der Waals surface area (Å²) in [6, 6.07) is 6.03. The zero-order valence-corrected chi connectivity index (χ0v) is 12.5. The highest BCUT2D eigenvalue weighted by molar-refractivity contribution is 5.43. The van der Waals surface area contributed by atoms with E-state index in [0.29, 0.717) is 6.54 Å². The van der Waals surface area contributed by atoms with Crippen molar-refractivity contribution in [3.05, 3.63) is 23.8 Å². The molecule has 0 bridgehead atoms. The van der Waals surface area contributed by atoms with E-state index in [9.17, 15) is 0 Å². The van der Waals surface area contributed by atoms with Gasteiger partial charge in [-0.25, -0.2) is 0 Å². The highest BCUT2D eigenvalue weighted by atomic mass is 16.5. The second-order valence-electron chi connectivity index (χ2n) is 4.83. The largest absolute Gasteiger partial charge is 0.497 e. The summed E-state index contributed by atoms with van der Waals surface area (Å²) in [5.41, 5.74) is 6.98. The van der Waals surface area contributed by atoms with Crippen molar-refractivity contribution in [1.29, 1.82) is 0 Å². The predicted molar refractivity (Wildman–Crippen MR) is 78.3 cm³/mol. The molecule has 0 amide bonds. The fraction of sp³-hybridized carbons (Fsp3) is 0.600. The number of hydrogen-bond donors (Lipinski definition) is 1. The number of nitrogens with two attached hydrogens (primary N) is 1. The summed E-state index contributed by atoms with van der Waals surface area (Å²) in [6.45, 7) is 5.25. The van der Waals surface area contributed by atoms with Crippen LogP contribution in [0.2, 0.25) is 0 Å². The van der Waals surface area contributed by atoms with Crippen LogP contribution in [0.1, 0.15) is 18.5 Å². The van der Waals surface area contributed by atoms with Gasteiger partial charge in [0.1, 0.15) is 11.5 Å². The van der Waals surface area contributed by atoms with Gasteiger partial charge in [-0.2, -0.15) is 0 Å². The summed E-state index contributed by atoms with van der Waals surface area (Å²) in [5.74, 6) is 1.60. The molecule has 1 aromatic rings. The van der Waals surface area contributed by atoms with Gasteiger partial charge in [0.15, 0.2) is 0 Å². The Kier molecular flexibility index (Phi) is 5.23. The van der Waals surface area contributed by atoms with E-state index in [4.69, 9.17) is 19.9 Å². The third kappa shape index (κ3) is 2.90. The third-order valence-corrected chi connectivity index (χ3v) is 3.85. The average molecular weight is 280 g/mol. The van der Waals surface area contributed by atoms with Gasteiger partial charge in [0, 0.05) is 24.7 Å². The maximum atomic E-state index is 5.88.